The number of ether oxygens (including phenoxy) is 4. The van der Waals surface area contributed by atoms with E-state index in [-0.39, 0.29) is 13.4 Å². The minimum Gasteiger partial charge on any atom is -0.496 e. The number of likely N-dealkylation sites (N-methyl/N-ethyl adjacent to an activating group) is 1. The molecule has 27 heavy (non-hydrogen) atoms. The number of aliphatic hydroxyl groups is 1. The molecule has 1 heterocycles. The second kappa shape index (κ2) is 9.41. The van der Waals surface area contributed by atoms with E-state index in [1.807, 2.05) is 48.3 Å². The van der Waals surface area contributed by atoms with Gasteiger partial charge in [0.25, 0.3) is 0 Å². The maximum atomic E-state index is 10.3. The van der Waals surface area contributed by atoms with E-state index in [4.69, 9.17) is 18.9 Å². The Labute approximate surface area is 167 Å². The minimum absolute atomic E-state index is 0.257. The number of hydrogen-bond acceptors (Lipinski definition) is 6. The van der Waals surface area contributed by atoms with Crippen molar-refractivity contribution >= 4 is 15.9 Å². The Morgan fingerprint density at radius 1 is 1.19 bits per heavy atom. The van der Waals surface area contributed by atoms with Gasteiger partial charge < -0.3 is 24.1 Å². The first-order valence-electron chi connectivity index (χ1n) is 8.70. The zero-order chi connectivity index (χ0) is 19.2. The molecule has 0 saturated heterocycles. The van der Waals surface area contributed by atoms with Crippen molar-refractivity contribution in [2.45, 2.75) is 19.3 Å². The predicted molar refractivity (Wildman–Crippen MR) is 105 cm³/mol. The van der Waals surface area contributed by atoms with Crippen LogP contribution in [0, 0.1) is 0 Å². The SMILES string of the molecule is COc1ccc(Br)cc1CN(C)C[C@@H](O)COCc1ccc2c(c1)OCO2. The van der Waals surface area contributed by atoms with E-state index in [0.29, 0.717) is 19.7 Å². The van der Waals surface area contributed by atoms with Gasteiger partial charge in [-0.1, -0.05) is 22.0 Å². The number of halogens is 1. The summed E-state index contributed by atoms with van der Waals surface area (Å²) >= 11 is 3.48. The number of nitrogens with zero attached hydrogens (tertiary/aromatic N) is 1. The molecule has 0 aromatic heterocycles. The normalized spacial score (nSPS) is 13.8. The van der Waals surface area contributed by atoms with E-state index >= 15 is 0 Å². The van der Waals surface area contributed by atoms with Crippen LogP contribution in [-0.2, 0) is 17.9 Å². The summed E-state index contributed by atoms with van der Waals surface area (Å²) in [5, 5.41) is 10.3. The predicted octanol–water partition coefficient (Wildman–Crippen LogP) is 3.20. The number of benzene rings is 2. The van der Waals surface area contributed by atoms with Crippen LogP contribution in [0.25, 0.3) is 0 Å². The van der Waals surface area contributed by atoms with E-state index < -0.39 is 6.10 Å². The van der Waals surface area contributed by atoms with Crippen molar-refractivity contribution in [2.75, 3.05) is 34.1 Å². The van der Waals surface area contributed by atoms with Crippen LogP contribution >= 0.6 is 15.9 Å². The van der Waals surface area contributed by atoms with E-state index in [9.17, 15) is 5.11 Å². The molecule has 1 N–H and O–H groups in total. The summed E-state index contributed by atoms with van der Waals surface area (Å²) in [5.74, 6) is 2.32. The van der Waals surface area contributed by atoms with Crippen molar-refractivity contribution < 1.29 is 24.1 Å². The third-order valence-electron chi connectivity index (χ3n) is 4.22. The lowest BCUT2D eigenvalue weighted by molar-refractivity contribution is 0.0126. The molecule has 2 aromatic carbocycles. The molecule has 3 rings (SSSR count). The second-order valence-electron chi connectivity index (χ2n) is 6.51. The smallest absolute Gasteiger partial charge is 0.231 e. The van der Waals surface area contributed by atoms with Crippen molar-refractivity contribution in [1.82, 2.24) is 4.90 Å². The van der Waals surface area contributed by atoms with Gasteiger partial charge in [-0.15, -0.1) is 0 Å². The summed E-state index contributed by atoms with van der Waals surface area (Å²) < 4.78 is 22.7. The first kappa shape index (κ1) is 19.9. The van der Waals surface area contributed by atoms with Gasteiger partial charge in [0.2, 0.25) is 6.79 Å². The van der Waals surface area contributed by atoms with Gasteiger partial charge in [-0.2, -0.15) is 0 Å². The maximum absolute atomic E-state index is 10.3. The largest absolute Gasteiger partial charge is 0.496 e. The summed E-state index contributed by atoms with van der Waals surface area (Å²) in [5.41, 5.74) is 2.04. The molecular weight excluding hydrogens is 414 g/mol. The van der Waals surface area contributed by atoms with Gasteiger partial charge in [0.1, 0.15) is 5.75 Å². The standard InChI is InChI=1S/C20H24BrNO5/c1-22(9-15-8-16(21)4-6-18(15)24-2)10-17(23)12-25-11-14-3-5-19-20(7-14)27-13-26-19/h3-8,17,23H,9-13H2,1-2H3/t17-/m1/s1. The molecule has 0 unspecified atom stereocenters. The highest BCUT2D eigenvalue weighted by Crippen LogP contribution is 2.32. The van der Waals surface area contributed by atoms with Crippen LogP contribution in [-0.4, -0.2) is 50.2 Å². The van der Waals surface area contributed by atoms with Crippen molar-refractivity contribution in [3.8, 4) is 17.2 Å². The van der Waals surface area contributed by atoms with Crippen LogP contribution in [0.4, 0.5) is 0 Å². The van der Waals surface area contributed by atoms with Gasteiger partial charge in [0.05, 0.1) is 26.4 Å². The van der Waals surface area contributed by atoms with Crippen molar-refractivity contribution in [3.05, 3.63) is 52.0 Å². The van der Waals surface area contributed by atoms with Gasteiger partial charge in [0, 0.05) is 23.1 Å². The quantitative estimate of drug-likeness (QED) is 0.649. The summed E-state index contributed by atoms with van der Waals surface area (Å²) in [6.45, 7) is 2.09. The number of aliphatic hydroxyl groups excluding tert-OH is 1. The Balaban J connectivity index is 1.43. The number of methoxy groups -OCH3 is 1. The lowest BCUT2D eigenvalue weighted by Gasteiger charge is -2.22. The Kier molecular flexibility index (Phi) is 6.95. The van der Waals surface area contributed by atoms with E-state index in [1.165, 1.54) is 0 Å². The fourth-order valence-electron chi connectivity index (χ4n) is 2.98. The third kappa shape index (κ3) is 5.59. The topological polar surface area (TPSA) is 60.4 Å². The molecule has 1 aliphatic heterocycles. The fraction of sp³-hybridized carbons (Fsp3) is 0.400. The van der Waals surface area contributed by atoms with Crippen LogP contribution in [0.5, 0.6) is 17.2 Å². The highest BCUT2D eigenvalue weighted by molar-refractivity contribution is 9.10. The molecule has 0 aliphatic carbocycles. The zero-order valence-corrected chi connectivity index (χ0v) is 17.1. The fourth-order valence-corrected chi connectivity index (χ4v) is 3.39. The number of hydrogen-bond donors (Lipinski definition) is 1. The summed E-state index contributed by atoms with van der Waals surface area (Å²) in [6.07, 6.45) is -0.581. The lowest BCUT2D eigenvalue weighted by Crippen LogP contribution is -2.32. The van der Waals surface area contributed by atoms with Gasteiger partial charge >= 0.3 is 0 Å². The monoisotopic (exact) mass is 437 g/mol. The molecule has 146 valence electrons. The van der Waals surface area contributed by atoms with Crippen molar-refractivity contribution in [1.29, 1.82) is 0 Å². The third-order valence-corrected chi connectivity index (χ3v) is 4.71. The Bertz CT molecular complexity index is 770. The molecule has 6 nitrogen and oxygen atoms in total. The Hall–Kier alpha value is -1.80. The van der Waals surface area contributed by atoms with Crippen LogP contribution < -0.4 is 14.2 Å². The van der Waals surface area contributed by atoms with Gasteiger partial charge in [-0.3, -0.25) is 4.90 Å². The van der Waals surface area contributed by atoms with Gasteiger partial charge in [-0.25, -0.2) is 0 Å². The first-order chi connectivity index (χ1) is 13.0. The Morgan fingerprint density at radius 2 is 2.00 bits per heavy atom. The molecule has 0 bridgehead atoms. The molecule has 1 aliphatic rings. The minimum atomic E-state index is -0.581. The molecule has 0 radical (unpaired) electrons. The van der Waals surface area contributed by atoms with Gasteiger partial charge in [-0.05, 0) is 42.9 Å². The Morgan fingerprint density at radius 3 is 2.81 bits per heavy atom. The van der Waals surface area contributed by atoms with Crippen LogP contribution in [0.3, 0.4) is 0 Å². The molecule has 0 spiro atoms. The summed E-state index contributed by atoms with van der Waals surface area (Å²) in [7, 11) is 3.62. The van der Waals surface area contributed by atoms with E-state index in [2.05, 4.69) is 15.9 Å². The first-order valence-corrected chi connectivity index (χ1v) is 9.49. The van der Waals surface area contributed by atoms with Crippen LogP contribution in [0.2, 0.25) is 0 Å². The maximum Gasteiger partial charge on any atom is 0.231 e. The van der Waals surface area contributed by atoms with Crippen molar-refractivity contribution in [3.63, 3.8) is 0 Å². The number of fused-ring (bicyclic) bond motifs is 1. The average Bonchev–Trinajstić information content (AvgIpc) is 3.09. The molecule has 0 saturated carbocycles. The molecule has 2 aromatic rings. The number of rotatable bonds is 9. The van der Waals surface area contributed by atoms with Crippen LogP contribution in [0.15, 0.2) is 40.9 Å². The molecule has 7 heteroatoms. The van der Waals surface area contributed by atoms with E-state index in [0.717, 1.165) is 32.8 Å². The second-order valence-corrected chi connectivity index (χ2v) is 7.43. The van der Waals surface area contributed by atoms with E-state index in [1.54, 1.807) is 7.11 Å². The zero-order valence-electron chi connectivity index (χ0n) is 15.5. The van der Waals surface area contributed by atoms with Crippen molar-refractivity contribution in [2.24, 2.45) is 0 Å². The van der Waals surface area contributed by atoms with Gasteiger partial charge in [0.15, 0.2) is 11.5 Å². The summed E-state index contributed by atoms with van der Waals surface area (Å²) in [4.78, 5) is 2.04. The molecule has 0 amide bonds. The van der Waals surface area contributed by atoms with Crippen LogP contribution in [0.1, 0.15) is 11.1 Å². The molecule has 1 atom stereocenters. The highest BCUT2D eigenvalue weighted by atomic mass is 79.9. The molecular formula is C20H24BrNO5. The molecule has 0 fully saturated rings. The lowest BCUT2D eigenvalue weighted by atomic mass is 10.2. The highest BCUT2D eigenvalue weighted by Gasteiger charge is 2.14. The average molecular weight is 438 g/mol. The summed E-state index contributed by atoms with van der Waals surface area (Å²) in [6, 6.07) is 11.6.